The number of halogens is 1. The number of hydrogen-bond donors (Lipinski definition) is 1. The molecule has 1 N–H and O–H groups in total. The summed E-state index contributed by atoms with van der Waals surface area (Å²) in [5.74, 6) is 0. The van der Waals surface area contributed by atoms with Crippen molar-refractivity contribution in [2.24, 2.45) is 0 Å². The Bertz CT molecular complexity index is 496. The van der Waals surface area contributed by atoms with Crippen molar-refractivity contribution in [3.05, 3.63) is 21.0 Å². The van der Waals surface area contributed by atoms with E-state index in [4.69, 9.17) is 0 Å². The van der Waals surface area contributed by atoms with Crippen LogP contribution in [-0.4, -0.2) is 35.5 Å². The highest BCUT2D eigenvalue weighted by atomic mass is 79.9. The van der Waals surface area contributed by atoms with E-state index in [-0.39, 0.29) is 5.56 Å². The second-order valence-electron chi connectivity index (χ2n) is 5.16. The number of nitrogens with zero attached hydrogens (tertiary/aromatic N) is 3. The fourth-order valence-electron chi connectivity index (χ4n) is 2.65. The normalized spacial score (nSPS) is 18.4. The quantitative estimate of drug-likeness (QED) is 0.858. The molecule has 0 saturated carbocycles. The van der Waals surface area contributed by atoms with Gasteiger partial charge in [-0.05, 0) is 42.2 Å². The van der Waals surface area contributed by atoms with Gasteiger partial charge in [-0.25, -0.2) is 4.68 Å². The highest BCUT2D eigenvalue weighted by molar-refractivity contribution is 9.10. The first-order chi connectivity index (χ1) is 9.69. The smallest absolute Gasteiger partial charge is 0.283 e. The van der Waals surface area contributed by atoms with E-state index in [2.05, 4.69) is 45.1 Å². The van der Waals surface area contributed by atoms with Gasteiger partial charge in [0.15, 0.2) is 0 Å². The van der Waals surface area contributed by atoms with Crippen LogP contribution in [0, 0.1) is 0 Å². The first kappa shape index (κ1) is 15.5. The predicted octanol–water partition coefficient (Wildman–Crippen LogP) is 1.99. The second-order valence-corrected chi connectivity index (χ2v) is 5.95. The molecule has 0 bridgehead atoms. The summed E-state index contributed by atoms with van der Waals surface area (Å²) < 4.78 is 2.19. The van der Waals surface area contributed by atoms with Crippen molar-refractivity contribution in [2.45, 2.75) is 45.7 Å². The molecule has 1 aliphatic rings. The predicted molar refractivity (Wildman–Crippen MR) is 85.4 cm³/mol. The zero-order chi connectivity index (χ0) is 14.5. The van der Waals surface area contributed by atoms with Gasteiger partial charge < -0.3 is 10.2 Å². The third-order valence-corrected chi connectivity index (χ3v) is 4.56. The molecule has 2 rings (SSSR count). The Hall–Kier alpha value is -0.880. The highest BCUT2D eigenvalue weighted by Gasteiger charge is 2.24. The van der Waals surface area contributed by atoms with Gasteiger partial charge in [0, 0.05) is 25.7 Å². The van der Waals surface area contributed by atoms with E-state index in [0.29, 0.717) is 17.1 Å². The van der Waals surface area contributed by atoms with Crippen molar-refractivity contribution in [3.63, 3.8) is 0 Å². The zero-order valence-electron chi connectivity index (χ0n) is 12.2. The number of nitrogens with one attached hydrogen (secondary N) is 1. The number of aromatic nitrogens is 2. The standard InChI is InChI=1S/C14H23BrN4O/c1-3-5-8-19-14(20)13(15)12(10-17-19)18(4-2)11-6-7-16-9-11/h10-11,16H,3-9H2,1-2H3. The number of aryl methyl sites for hydroxylation is 1. The van der Waals surface area contributed by atoms with Crippen molar-refractivity contribution in [3.8, 4) is 0 Å². The van der Waals surface area contributed by atoms with Gasteiger partial charge >= 0.3 is 0 Å². The molecule has 0 aliphatic carbocycles. The van der Waals surface area contributed by atoms with E-state index in [9.17, 15) is 4.79 Å². The molecule has 0 radical (unpaired) electrons. The Labute approximate surface area is 128 Å². The molecule has 1 atom stereocenters. The summed E-state index contributed by atoms with van der Waals surface area (Å²) in [6.45, 7) is 7.81. The van der Waals surface area contributed by atoms with Crippen LogP contribution in [0.3, 0.4) is 0 Å². The Morgan fingerprint density at radius 1 is 1.55 bits per heavy atom. The van der Waals surface area contributed by atoms with Crippen molar-refractivity contribution in [2.75, 3.05) is 24.5 Å². The summed E-state index contributed by atoms with van der Waals surface area (Å²) in [4.78, 5) is 14.6. The lowest BCUT2D eigenvalue weighted by Crippen LogP contribution is -2.38. The van der Waals surface area contributed by atoms with Crippen LogP contribution in [0.4, 0.5) is 5.69 Å². The summed E-state index contributed by atoms with van der Waals surface area (Å²) in [6.07, 6.45) is 4.97. The fraction of sp³-hybridized carbons (Fsp3) is 0.714. The van der Waals surface area contributed by atoms with Gasteiger partial charge in [-0.15, -0.1) is 0 Å². The fourth-order valence-corrected chi connectivity index (χ4v) is 3.19. The van der Waals surface area contributed by atoms with Crippen molar-refractivity contribution < 1.29 is 0 Å². The van der Waals surface area contributed by atoms with Crippen LogP contribution in [0.15, 0.2) is 15.5 Å². The highest BCUT2D eigenvalue weighted by Crippen LogP contribution is 2.25. The van der Waals surface area contributed by atoms with Gasteiger partial charge in [0.2, 0.25) is 0 Å². The largest absolute Gasteiger partial charge is 0.365 e. The molecule has 1 aromatic rings. The van der Waals surface area contributed by atoms with Crippen molar-refractivity contribution in [1.82, 2.24) is 15.1 Å². The molecule has 20 heavy (non-hydrogen) atoms. The number of anilines is 1. The third-order valence-electron chi connectivity index (χ3n) is 3.82. The summed E-state index contributed by atoms with van der Waals surface area (Å²) in [5.41, 5.74) is 0.888. The Morgan fingerprint density at radius 3 is 2.95 bits per heavy atom. The molecule has 1 saturated heterocycles. The number of hydrogen-bond acceptors (Lipinski definition) is 4. The molecule has 0 aromatic carbocycles. The molecule has 0 spiro atoms. The molecule has 1 aliphatic heterocycles. The van der Waals surface area contributed by atoms with E-state index < -0.39 is 0 Å². The zero-order valence-corrected chi connectivity index (χ0v) is 13.8. The first-order valence-corrected chi connectivity index (χ1v) is 8.21. The maximum atomic E-state index is 12.3. The number of rotatable bonds is 6. The first-order valence-electron chi connectivity index (χ1n) is 7.42. The lowest BCUT2D eigenvalue weighted by atomic mass is 10.2. The van der Waals surface area contributed by atoms with Gasteiger partial charge in [0.25, 0.3) is 5.56 Å². The molecule has 1 fully saturated rings. The van der Waals surface area contributed by atoms with Crippen LogP contribution in [-0.2, 0) is 6.54 Å². The minimum Gasteiger partial charge on any atom is -0.365 e. The Kier molecular flexibility index (Phi) is 5.60. The van der Waals surface area contributed by atoms with Crippen LogP contribution in [0.1, 0.15) is 33.1 Å². The topological polar surface area (TPSA) is 50.2 Å². The summed E-state index contributed by atoms with van der Waals surface area (Å²) in [5, 5.41) is 7.70. The molecule has 1 aromatic heterocycles. The van der Waals surface area contributed by atoms with Gasteiger partial charge in [0.05, 0.1) is 11.9 Å². The Balaban J connectivity index is 2.27. The van der Waals surface area contributed by atoms with Crippen molar-refractivity contribution in [1.29, 1.82) is 0 Å². The molecular formula is C14H23BrN4O. The minimum atomic E-state index is -0.0274. The maximum Gasteiger partial charge on any atom is 0.283 e. The minimum absolute atomic E-state index is 0.0274. The second kappa shape index (κ2) is 7.22. The maximum absolute atomic E-state index is 12.3. The van der Waals surface area contributed by atoms with Gasteiger partial charge in [-0.3, -0.25) is 4.79 Å². The van der Waals surface area contributed by atoms with Crippen molar-refractivity contribution >= 4 is 21.6 Å². The number of unbranched alkanes of at least 4 members (excludes halogenated alkanes) is 1. The van der Waals surface area contributed by atoms with Crippen LogP contribution in [0.5, 0.6) is 0 Å². The average molecular weight is 343 g/mol. The lowest BCUT2D eigenvalue weighted by Gasteiger charge is -2.29. The van der Waals surface area contributed by atoms with E-state index in [1.165, 1.54) is 0 Å². The van der Waals surface area contributed by atoms with Gasteiger partial charge in [0.1, 0.15) is 4.47 Å². The monoisotopic (exact) mass is 342 g/mol. The van der Waals surface area contributed by atoms with E-state index in [1.807, 2.05) is 6.20 Å². The van der Waals surface area contributed by atoms with Crippen LogP contribution in [0.2, 0.25) is 0 Å². The average Bonchev–Trinajstić information content (AvgIpc) is 2.97. The molecule has 6 heteroatoms. The lowest BCUT2D eigenvalue weighted by molar-refractivity contribution is 0.537. The van der Waals surface area contributed by atoms with Gasteiger partial charge in [-0.1, -0.05) is 13.3 Å². The molecule has 5 nitrogen and oxygen atoms in total. The SMILES string of the molecule is CCCCn1ncc(N(CC)C2CCNC2)c(Br)c1=O. The summed E-state index contributed by atoms with van der Waals surface area (Å²) >= 11 is 3.48. The van der Waals surface area contributed by atoms with Crippen LogP contribution >= 0.6 is 15.9 Å². The molecule has 2 heterocycles. The van der Waals surface area contributed by atoms with E-state index in [0.717, 1.165) is 44.6 Å². The van der Waals surface area contributed by atoms with Crippen LogP contribution in [0.25, 0.3) is 0 Å². The summed E-state index contributed by atoms with van der Waals surface area (Å²) in [7, 11) is 0. The van der Waals surface area contributed by atoms with E-state index >= 15 is 0 Å². The molecule has 1 unspecified atom stereocenters. The van der Waals surface area contributed by atoms with Gasteiger partial charge in [-0.2, -0.15) is 5.10 Å². The third kappa shape index (κ3) is 3.23. The number of likely N-dealkylation sites (N-methyl/N-ethyl adjacent to an activating group) is 1. The summed E-state index contributed by atoms with van der Waals surface area (Å²) in [6, 6.07) is 0.448. The Morgan fingerprint density at radius 2 is 2.35 bits per heavy atom. The molecule has 112 valence electrons. The van der Waals surface area contributed by atoms with Crippen LogP contribution < -0.4 is 15.8 Å². The molecular weight excluding hydrogens is 320 g/mol. The van der Waals surface area contributed by atoms with E-state index in [1.54, 1.807) is 4.68 Å². The molecule has 0 amide bonds.